The maximum Gasteiger partial charge on any atom is 0.272 e. The number of aromatic nitrogens is 3. The summed E-state index contributed by atoms with van der Waals surface area (Å²) in [4.78, 5) is 25.7. The van der Waals surface area contributed by atoms with Crippen LogP contribution in [-0.4, -0.2) is 25.9 Å². The molecule has 2 aromatic heterocycles. The first-order valence-corrected chi connectivity index (χ1v) is 8.49. The Hall–Kier alpha value is -3.32. The second-order valence-electron chi connectivity index (χ2n) is 6.24. The fourth-order valence-corrected chi connectivity index (χ4v) is 3.46. The Morgan fingerprint density at radius 1 is 1.22 bits per heavy atom. The van der Waals surface area contributed by atoms with Gasteiger partial charge in [0.05, 0.1) is 10.4 Å². The van der Waals surface area contributed by atoms with Gasteiger partial charge >= 0.3 is 0 Å². The number of nitro benzene ring substituents is 1. The van der Waals surface area contributed by atoms with Gasteiger partial charge in [0.2, 0.25) is 0 Å². The summed E-state index contributed by atoms with van der Waals surface area (Å²) >= 11 is 6.23. The Morgan fingerprint density at radius 3 is 2.70 bits per heavy atom. The van der Waals surface area contributed by atoms with Gasteiger partial charge in [-0.3, -0.25) is 14.9 Å². The highest BCUT2D eigenvalue weighted by atomic mass is 35.5. The van der Waals surface area contributed by atoms with E-state index in [0.717, 1.165) is 10.9 Å². The Balaban J connectivity index is 2.10. The highest BCUT2D eigenvalue weighted by molar-refractivity contribution is 6.35. The average Bonchev–Trinajstić information content (AvgIpc) is 3.02. The minimum Gasteiger partial charge on any atom is -0.352 e. The summed E-state index contributed by atoms with van der Waals surface area (Å²) < 4.78 is 0. The Morgan fingerprint density at radius 2 is 2.00 bits per heavy atom. The molecule has 2 heterocycles. The molecular weight excluding hydrogens is 368 g/mol. The lowest BCUT2D eigenvalue weighted by Gasteiger charge is -2.07. The van der Waals surface area contributed by atoms with Crippen LogP contribution in [0.1, 0.15) is 22.8 Å². The molecule has 4 aromatic rings. The van der Waals surface area contributed by atoms with Gasteiger partial charge in [0.25, 0.3) is 5.69 Å². The van der Waals surface area contributed by atoms with E-state index >= 15 is 0 Å². The van der Waals surface area contributed by atoms with Crippen molar-refractivity contribution < 1.29 is 9.72 Å². The molecule has 0 radical (unpaired) electrons. The van der Waals surface area contributed by atoms with Crippen molar-refractivity contribution in [2.75, 3.05) is 0 Å². The van der Waals surface area contributed by atoms with Gasteiger partial charge in [0, 0.05) is 39.0 Å². The van der Waals surface area contributed by atoms with Gasteiger partial charge in [0.15, 0.2) is 10.9 Å². The molecule has 2 aromatic carbocycles. The van der Waals surface area contributed by atoms with Gasteiger partial charge in [-0.15, -0.1) is 10.2 Å². The molecular formula is C19H13ClN4O3. The van der Waals surface area contributed by atoms with Gasteiger partial charge in [-0.1, -0.05) is 35.9 Å². The van der Waals surface area contributed by atoms with Crippen molar-refractivity contribution in [3.8, 4) is 11.3 Å². The van der Waals surface area contributed by atoms with E-state index in [9.17, 15) is 14.9 Å². The summed E-state index contributed by atoms with van der Waals surface area (Å²) in [5.74, 6) is -0.0485. The number of hydrogen-bond acceptors (Lipinski definition) is 5. The van der Waals surface area contributed by atoms with Crippen LogP contribution in [0.15, 0.2) is 36.4 Å². The number of carbonyl (C=O) groups is 1. The van der Waals surface area contributed by atoms with E-state index in [1.165, 1.54) is 13.0 Å². The molecule has 0 atom stereocenters. The number of aromatic amines is 1. The minimum atomic E-state index is -0.423. The van der Waals surface area contributed by atoms with Crippen LogP contribution in [0.4, 0.5) is 5.69 Å². The molecule has 0 aliphatic carbocycles. The van der Waals surface area contributed by atoms with Crippen molar-refractivity contribution in [1.82, 2.24) is 15.2 Å². The molecule has 0 fully saturated rings. The zero-order chi connectivity index (χ0) is 19.3. The summed E-state index contributed by atoms with van der Waals surface area (Å²) in [6, 6.07) is 10.1. The Labute approximate surface area is 158 Å². The molecule has 0 saturated carbocycles. The second kappa shape index (κ2) is 6.14. The fourth-order valence-electron chi connectivity index (χ4n) is 3.28. The van der Waals surface area contributed by atoms with E-state index in [1.807, 2.05) is 6.07 Å². The van der Waals surface area contributed by atoms with Crippen LogP contribution >= 0.6 is 11.6 Å². The van der Waals surface area contributed by atoms with Crippen LogP contribution in [0.3, 0.4) is 0 Å². The number of ketones is 1. The molecule has 7 nitrogen and oxygen atoms in total. The van der Waals surface area contributed by atoms with Crippen LogP contribution in [0, 0.1) is 17.0 Å². The summed E-state index contributed by atoms with van der Waals surface area (Å²) in [5.41, 5.74) is 3.47. The van der Waals surface area contributed by atoms with Gasteiger partial charge in [-0.25, -0.2) is 0 Å². The predicted octanol–water partition coefficient (Wildman–Crippen LogP) is 4.85. The van der Waals surface area contributed by atoms with Crippen LogP contribution in [0.2, 0.25) is 5.15 Å². The van der Waals surface area contributed by atoms with E-state index in [0.29, 0.717) is 33.3 Å². The molecule has 0 bridgehead atoms. The number of benzene rings is 2. The number of rotatable bonds is 3. The third-order valence-electron chi connectivity index (χ3n) is 4.64. The van der Waals surface area contributed by atoms with Crippen molar-refractivity contribution in [2.24, 2.45) is 0 Å². The standard InChI is InChI=1S/C19H13ClN4O3/c1-9-12(4-3-5-15(9)24(26)27)17-16-13-7-6-11(10(2)25)8-14(13)21-18(16)19(20)23-22-17/h3-8,21H,1-2H3. The van der Waals surface area contributed by atoms with Crippen LogP contribution < -0.4 is 0 Å². The summed E-state index contributed by atoms with van der Waals surface area (Å²) in [5, 5.41) is 21.2. The van der Waals surface area contributed by atoms with E-state index < -0.39 is 4.92 Å². The second-order valence-corrected chi connectivity index (χ2v) is 6.60. The summed E-state index contributed by atoms with van der Waals surface area (Å²) in [7, 11) is 0. The van der Waals surface area contributed by atoms with Crippen LogP contribution in [0.25, 0.3) is 33.1 Å². The number of H-pyrrole nitrogens is 1. The first-order valence-electron chi connectivity index (χ1n) is 8.11. The normalized spacial score (nSPS) is 11.2. The molecule has 0 saturated heterocycles. The SMILES string of the molecule is CC(=O)c1ccc2c(c1)[nH]c1c(Cl)nnc(-c3cccc([N+](=O)[O-])c3C)c12. The van der Waals surface area contributed by atoms with Crippen LogP contribution in [-0.2, 0) is 0 Å². The number of Topliss-reactive ketones (excluding diaryl/α,β-unsaturated/α-hetero) is 1. The average molecular weight is 381 g/mol. The lowest BCUT2D eigenvalue weighted by atomic mass is 9.99. The van der Waals surface area contributed by atoms with Gasteiger partial charge in [-0.2, -0.15) is 0 Å². The lowest BCUT2D eigenvalue weighted by molar-refractivity contribution is -0.385. The molecule has 0 aliphatic rings. The molecule has 0 unspecified atom stereocenters. The van der Waals surface area contributed by atoms with Crippen molar-refractivity contribution in [2.45, 2.75) is 13.8 Å². The highest BCUT2D eigenvalue weighted by Gasteiger charge is 2.21. The van der Waals surface area contributed by atoms with E-state index in [4.69, 9.17) is 11.6 Å². The van der Waals surface area contributed by atoms with Gasteiger partial charge in [0.1, 0.15) is 5.69 Å². The van der Waals surface area contributed by atoms with Crippen molar-refractivity contribution in [1.29, 1.82) is 0 Å². The highest BCUT2D eigenvalue weighted by Crippen LogP contribution is 2.38. The van der Waals surface area contributed by atoms with Crippen molar-refractivity contribution in [3.63, 3.8) is 0 Å². The molecule has 0 amide bonds. The van der Waals surface area contributed by atoms with E-state index in [-0.39, 0.29) is 16.6 Å². The molecule has 1 N–H and O–H groups in total. The first-order chi connectivity index (χ1) is 12.9. The number of hydrogen-bond donors (Lipinski definition) is 1. The fraction of sp³-hybridized carbons (Fsp3) is 0.105. The molecule has 8 heteroatoms. The quantitative estimate of drug-likeness (QED) is 0.311. The van der Waals surface area contributed by atoms with Gasteiger partial charge < -0.3 is 4.98 Å². The Kier molecular flexibility index (Phi) is 3.89. The van der Waals surface area contributed by atoms with E-state index in [1.54, 1.807) is 31.2 Å². The zero-order valence-corrected chi connectivity index (χ0v) is 15.2. The summed E-state index contributed by atoms with van der Waals surface area (Å²) in [6.45, 7) is 3.18. The smallest absolute Gasteiger partial charge is 0.272 e. The number of nitrogens with zero attached hydrogens (tertiary/aromatic N) is 3. The third-order valence-corrected chi connectivity index (χ3v) is 4.91. The van der Waals surface area contributed by atoms with Gasteiger partial charge in [-0.05, 0) is 19.9 Å². The maximum absolute atomic E-state index is 11.7. The van der Waals surface area contributed by atoms with Crippen molar-refractivity contribution >= 4 is 44.9 Å². The molecule has 27 heavy (non-hydrogen) atoms. The molecule has 4 rings (SSSR count). The first kappa shape index (κ1) is 17.1. The number of carbonyl (C=O) groups excluding carboxylic acids is 1. The number of halogens is 1. The number of nitrogens with one attached hydrogen (secondary N) is 1. The topological polar surface area (TPSA) is 102 Å². The monoisotopic (exact) mass is 380 g/mol. The largest absolute Gasteiger partial charge is 0.352 e. The maximum atomic E-state index is 11.7. The molecule has 0 spiro atoms. The number of nitro groups is 1. The lowest BCUT2D eigenvalue weighted by Crippen LogP contribution is -1.97. The number of fused-ring (bicyclic) bond motifs is 3. The minimum absolute atomic E-state index is 0.0103. The zero-order valence-electron chi connectivity index (χ0n) is 14.4. The molecule has 134 valence electrons. The van der Waals surface area contributed by atoms with Crippen molar-refractivity contribution in [3.05, 3.63) is 62.8 Å². The summed E-state index contributed by atoms with van der Waals surface area (Å²) in [6.07, 6.45) is 0. The molecule has 0 aliphatic heterocycles. The third kappa shape index (κ3) is 2.63. The van der Waals surface area contributed by atoms with E-state index in [2.05, 4.69) is 15.2 Å². The predicted molar refractivity (Wildman–Crippen MR) is 103 cm³/mol. The Bertz CT molecular complexity index is 1260. The van der Waals surface area contributed by atoms with Crippen LogP contribution in [0.5, 0.6) is 0 Å².